The number of nitrogens with one attached hydrogen (secondary N) is 1. The Hall–Kier alpha value is -2.97. The van der Waals surface area contributed by atoms with Crippen LogP contribution in [0.1, 0.15) is 29.6 Å². The number of amides is 2. The normalized spacial score (nSPS) is 13.5. The van der Waals surface area contributed by atoms with Gasteiger partial charge in [0.15, 0.2) is 18.1 Å². The predicted molar refractivity (Wildman–Crippen MR) is 99.8 cm³/mol. The first kappa shape index (κ1) is 21.3. The van der Waals surface area contributed by atoms with Crippen molar-refractivity contribution in [2.24, 2.45) is 0 Å². The first-order chi connectivity index (χ1) is 13.5. The fraction of sp³-hybridized carbons (Fsp3) is 0.526. The second kappa shape index (κ2) is 10.4. The number of methoxy groups -OCH3 is 3. The fourth-order valence-corrected chi connectivity index (χ4v) is 2.89. The Labute approximate surface area is 163 Å². The first-order valence-corrected chi connectivity index (χ1v) is 9.01. The second-order valence-corrected chi connectivity index (χ2v) is 6.20. The van der Waals surface area contributed by atoms with E-state index in [1.165, 1.54) is 33.5 Å². The summed E-state index contributed by atoms with van der Waals surface area (Å²) < 4.78 is 20.6. The van der Waals surface area contributed by atoms with Gasteiger partial charge in [0, 0.05) is 18.7 Å². The van der Waals surface area contributed by atoms with Gasteiger partial charge in [-0.2, -0.15) is 0 Å². The van der Waals surface area contributed by atoms with Crippen molar-refractivity contribution in [1.29, 1.82) is 0 Å². The SMILES string of the molecule is COc1cc(C(=O)NCC(=O)OCC(=O)N2CCCCC2)cc(OC)c1OC. The quantitative estimate of drug-likeness (QED) is 0.656. The topological polar surface area (TPSA) is 103 Å². The van der Waals surface area contributed by atoms with E-state index in [0.717, 1.165) is 19.3 Å². The molecule has 9 nitrogen and oxygen atoms in total. The number of carbonyl (C=O) groups excluding carboxylic acids is 3. The second-order valence-electron chi connectivity index (χ2n) is 6.20. The number of carbonyl (C=O) groups is 3. The van der Waals surface area contributed by atoms with Crippen molar-refractivity contribution in [1.82, 2.24) is 10.2 Å². The van der Waals surface area contributed by atoms with Gasteiger partial charge < -0.3 is 29.2 Å². The molecule has 154 valence electrons. The molecule has 1 saturated heterocycles. The Kier molecular flexibility index (Phi) is 7.91. The first-order valence-electron chi connectivity index (χ1n) is 9.01. The summed E-state index contributed by atoms with van der Waals surface area (Å²) >= 11 is 0. The molecule has 1 N–H and O–H groups in total. The number of benzene rings is 1. The summed E-state index contributed by atoms with van der Waals surface area (Å²) in [5.41, 5.74) is 0.228. The van der Waals surface area contributed by atoms with Gasteiger partial charge in [-0.1, -0.05) is 0 Å². The summed E-state index contributed by atoms with van der Waals surface area (Å²) in [5, 5.41) is 2.45. The largest absolute Gasteiger partial charge is 0.493 e. The Morgan fingerprint density at radius 1 is 0.964 bits per heavy atom. The minimum atomic E-state index is -0.689. The molecule has 1 aromatic rings. The van der Waals surface area contributed by atoms with Crippen molar-refractivity contribution in [2.45, 2.75) is 19.3 Å². The van der Waals surface area contributed by atoms with Crippen molar-refractivity contribution < 1.29 is 33.3 Å². The van der Waals surface area contributed by atoms with Crippen molar-refractivity contribution in [3.8, 4) is 17.2 Å². The molecular weight excluding hydrogens is 368 g/mol. The summed E-state index contributed by atoms with van der Waals surface area (Å²) in [6, 6.07) is 2.95. The maximum atomic E-state index is 12.3. The molecule has 0 unspecified atom stereocenters. The van der Waals surface area contributed by atoms with E-state index in [2.05, 4.69) is 5.32 Å². The lowest BCUT2D eigenvalue weighted by molar-refractivity contribution is -0.151. The summed E-state index contributed by atoms with van der Waals surface area (Å²) in [4.78, 5) is 37.8. The third kappa shape index (κ3) is 5.51. The fourth-order valence-electron chi connectivity index (χ4n) is 2.89. The number of hydrogen-bond acceptors (Lipinski definition) is 7. The van der Waals surface area contributed by atoms with E-state index in [9.17, 15) is 14.4 Å². The molecule has 1 aliphatic rings. The summed E-state index contributed by atoms with van der Waals surface area (Å²) in [6.45, 7) is 0.699. The molecule has 1 aromatic carbocycles. The van der Waals surface area contributed by atoms with Crippen LogP contribution in [0.4, 0.5) is 0 Å². The number of piperidine rings is 1. The van der Waals surface area contributed by atoms with Crippen molar-refractivity contribution in [3.63, 3.8) is 0 Å². The van der Waals surface area contributed by atoms with E-state index < -0.39 is 11.9 Å². The van der Waals surface area contributed by atoms with Crippen LogP contribution in [-0.2, 0) is 14.3 Å². The molecule has 0 saturated carbocycles. The Morgan fingerprint density at radius 2 is 1.57 bits per heavy atom. The molecule has 0 radical (unpaired) electrons. The zero-order valence-corrected chi connectivity index (χ0v) is 16.4. The minimum Gasteiger partial charge on any atom is -0.493 e. The molecule has 1 heterocycles. The standard InChI is InChI=1S/C19H26N2O7/c1-25-14-9-13(10-15(26-2)18(14)27-3)19(24)20-11-17(23)28-12-16(22)21-7-5-4-6-8-21/h9-10H,4-8,11-12H2,1-3H3,(H,20,24). The summed E-state index contributed by atoms with van der Waals surface area (Å²) in [7, 11) is 4.34. The molecule has 0 aromatic heterocycles. The van der Waals surface area contributed by atoms with Crippen LogP contribution in [0.15, 0.2) is 12.1 Å². The van der Waals surface area contributed by atoms with Crippen LogP contribution in [0, 0.1) is 0 Å². The van der Waals surface area contributed by atoms with E-state index in [-0.39, 0.29) is 24.6 Å². The molecule has 0 atom stereocenters. The highest BCUT2D eigenvalue weighted by Gasteiger charge is 2.20. The third-order valence-corrected chi connectivity index (χ3v) is 4.39. The van der Waals surface area contributed by atoms with Gasteiger partial charge in [0.05, 0.1) is 21.3 Å². The molecule has 9 heteroatoms. The highest BCUT2D eigenvalue weighted by molar-refractivity contribution is 5.97. The monoisotopic (exact) mass is 394 g/mol. The average molecular weight is 394 g/mol. The van der Waals surface area contributed by atoms with Crippen LogP contribution >= 0.6 is 0 Å². The van der Waals surface area contributed by atoms with Crippen LogP contribution in [0.3, 0.4) is 0 Å². The van der Waals surface area contributed by atoms with E-state index in [0.29, 0.717) is 30.3 Å². The van der Waals surface area contributed by atoms with E-state index in [4.69, 9.17) is 18.9 Å². The van der Waals surface area contributed by atoms with Gasteiger partial charge in [0.1, 0.15) is 6.54 Å². The number of rotatable bonds is 8. The molecule has 1 aliphatic heterocycles. The number of esters is 1. The van der Waals surface area contributed by atoms with Crippen molar-refractivity contribution in [2.75, 3.05) is 47.6 Å². The Balaban J connectivity index is 1.87. The van der Waals surface area contributed by atoms with Gasteiger partial charge in [-0.25, -0.2) is 0 Å². The number of ether oxygens (including phenoxy) is 4. The van der Waals surface area contributed by atoms with Gasteiger partial charge in [-0.15, -0.1) is 0 Å². The van der Waals surface area contributed by atoms with Crippen LogP contribution in [0.25, 0.3) is 0 Å². The van der Waals surface area contributed by atoms with Crippen LogP contribution in [0.2, 0.25) is 0 Å². The minimum absolute atomic E-state index is 0.219. The predicted octanol–water partition coefficient (Wildman–Crippen LogP) is 0.998. The molecule has 2 rings (SSSR count). The van der Waals surface area contributed by atoms with E-state index in [1.54, 1.807) is 4.90 Å². The average Bonchev–Trinajstić information content (AvgIpc) is 2.74. The molecule has 0 aliphatic carbocycles. The third-order valence-electron chi connectivity index (χ3n) is 4.39. The summed E-state index contributed by atoms with van der Waals surface area (Å²) in [5.74, 6) is -0.422. The molecule has 28 heavy (non-hydrogen) atoms. The molecular formula is C19H26N2O7. The zero-order valence-electron chi connectivity index (χ0n) is 16.4. The molecule has 1 fully saturated rings. The van der Waals surface area contributed by atoms with Gasteiger partial charge in [0.2, 0.25) is 5.75 Å². The van der Waals surface area contributed by atoms with Gasteiger partial charge in [0.25, 0.3) is 11.8 Å². The molecule has 0 bridgehead atoms. The van der Waals surface area contributed by atoms with Gasteiger partial charge in [-0.05, 0) is 31.4 Å². The smallest absolute Gasteiger partial charge is 0.325 e. The Bertz CT molecular complexity index is 689. The zero-order chi connectivity index (χ0) is 20.5. The van der Waals surface area contributed by atoms with Gasteiger partial charge >= 0.3 is 5.97 Å². The van der Waals surface area contributed by atoms with Crippen LogP contribution in [0.5, 0.6) is 17.2 Å². The number of hydrogen-bond donors (Lipinski definition) is 1. The maximum absolute atomic E-state index is 12.3. The molecule has 0 spiro atoms. The van der Waals surface area contributed by atoms with Crippen LogP contribution in [-0.4, -0.2) is 70.3 Å². The van der Waals surface area contributed by atoms with Crippen molar-refractivity contribution in [3.05, 3.63) is 17.7 Å². The maximum Gasteiger partial charge on any atom is 0.325 e. The Morgan fingerprint density at radius 3 is 2.11 bits per heavy atom. The van der Waals surface area contributed by atoms with Crippen LogP contribution < -0.4 is 19.5 Å². The summed E-state index contributed by atoms with van der Waals surface area (Å²) in [6.07, 6.45) is 3.03. The van der Waals surface area contributed by atoms with E-state index in [1.807, 2.05) is 0 Å². The number of likely N-dealkylation sites (tertiary alicyclic amines) is 1. The lowest BCUT2D eigenvalue weighted by Crippen LogP contribution is -2.39. The van der Waals surface area contributed by atoms with Gasteiger partial charge in [-0.3, -0.25) is 14.4 Å². The number of nitrogens with zero attached hydrogens (tertiary/aromatic N) is 1. The lowest BCUT2D eigenvalue weighted by atomic mass is 10.1. The lowest BCUT2D eigenvalue weighted by Gasteiger charge is -2.26. The highest BCUT2D eigenvalue weighted by Crippen LogP contribution is 2.38. The molecule has 2 amide bonds. The van der Waals surface area contributed by atoms with E-state index >= 15 is 0 Å². The highest BCUT2D eigenvalue weighted by atomic mass is 16.5. The van der Waals surface area contributed by atoms with Crippen molar-refractivity contribution >= 4 is 17.8 Å².